The monoisotopic (exact) mass is 221 g/mol. The summed E-state index contributed by atoms with van der Waals surface area (Å²) in [6.45, 7) is 6.36. The van der Waals surface area contributed by atoms with Crippen LogP contribution in [-0.2, 0) is 10.2 Å². The maximum Gasteiger partial charge on any atom is 0.279 e. The van der Waals surface area contributed by atoms with Crippen molar-refractivity contribution in [3.8, 4) is 0 Å². The molecule has 0 amide bonds. The average Bonchev–Trinajstić information content (AvgIpc) is 2.57. The molecule has 2 N–H and O–H groups in total. The van der Waals surface area contributed by atoms with Crippen LogP contribution in [0.25, 0.3) is 0 Å². The second-order valence-corrected chi connectivity index (χ2v) is 5.10. The summed E-state index contributed by atoms with van der Waals surface area (Å²) in [4.78, 5) is 0. The molecule has 0 saturated carbocycles. The van der Waals surface area contributed by atoms with Gasteiger partial charge in [-0.1, -0.05) is 13.8 Å². The fourth-order valence-corrected chi connectivity index (χ4v) is 3.06. The fourth-order valence-electron chi connectivity index (χ4n) is 1.60. The van der Waals surface area contributed by atoms with Gasteiger partial charge in [-0.2, -0.15) is 17.4 Å². The number of nitrogens with zero attached hydrogens (tertiary/aromatic N) is 1. The highest BCUT2D eigenvalue weighted by atomic mass is 32.2. The predicted octanol–water partition coefficient (Wildman–Crippen LogP) is -0.475. The molecule has 0 unspecified atom stereocenters. The van der Waals surface area contributed by atoms with Crippen molar-refractivity contribution in [3.05, 3.63) is 0 Å². The van der Waals surface area contributed by atoms with Crippen molar-refractivity contribution in [2.75, 3.05) is 26.2 Å². The van der Waals surface area contributed by atoms with E-state index in [-0.39, 0.29) is 6.04 Å². The zero-order chi connectivity index (χ0) is 10.6. The third-order valence-electron chi connectivity index (χ3n) is 2.42. The molecular weight excluding hydrogens is 202 g/mol. The van der Waals surface area contributed by atoms with Gasteiger partial charge in [-0.05, 0) is 13.0 Å². The maximum absolute atomic E-state index is 11.7. The van der Waals surface area contributed by atoms with Gasteiger partial charge in [0.05, 0.1) is 0 Å². The summed E-state index contributed by atoms with van der Waals surface area (Å²) in [5.41, 5.74) is 0. The van der Waals surface area contributed by atoms with Crippen LogP contribution in [0.1, 0.15) is 20.3 Å². The lowest BCUT2D eigenvalue weighted by Crippen LogP contribution is -2.45. The smallest absolute Gasteiger partial charge is 0.279 e. The van der Waals surface area contributed by atoms with Crippen molar-refractivity contribution < 1.29 is 8.42 Å². The van der Waals surface area contributed by atoms with E-state index >= 15 is 0 Å². The quantitative estimate of drug-likeness (QED) is 0.659. The van der Waals surface area contributed by atoms with Crippen molar-refractivity contribution in [1.29, 1.82) is 0 Å². The minimum Gasteiger partial charge on any atom is -0.315 e. The predicted molar refractivity (Wildman–Crippen MR) is 56.3 cm³/mol. The maximum atomic E-state index is 11.7. The van der Waals surface area contributed by atoms with Gasteiger partial charge in [0.1, 0.15) is 0 Å². The third-order valence-corrected chi connectivity index (χ3v) is 4.25. The Morgan fingerprint density at radius 2 is 2.07 bits per heavy atom. The van der Waals surface area contributed by atoms with Gasteiger partial charge in [-0.25, -0.2) is 0 Å². The molecule has 1 saturated heterocycles. The van der Waals surface area contributed by atoms with E-state index in [0.717, 1.165) is 19.5 Å². The Kier molecular flexibility index (Phi) is 4.31. The Morgan fingerprint density at radius 3 is 2.50 bits per heavy atom. The highest BCUT2D eigenvalue weighted by Crippen LogP contribution is 2.03. The first-order valence-electron chi connectivity index (χ1n) is 5.08. The molecule has 0 aliphatic carbocycles. The molecule has 1 aliphatic heterocycles. The molecule has 1 rings (SSSR count). The van der Waals surface area contributed by atoms with E-state index in [0.29, 0.717) is 13.1 Å². The van der Waals surface area contributed by atoms with Gasteiger partial charge < -0.3 is 5.32 Å². The van der Waals surface area contributed by atoms with Crippen molar-refractivity contribution in [2.24, 2.45) is 0 Å². The lowest BCUT2D eigenvalue weighted by molar-refractivity contribution is 0.427. The minimum atomic E-state index is -3.26. The van der Waals surface area contributed by atoms with Gasteiger partial charge in [0, 0.05) is 25.7 Å². The van der Waals surface area contributed by atoms with E-state index in [4.69, 9.17) is 0 Å². The lowest BCUT2D eigenvalue weighted by Gasteiger charge is -2.21. The first-order valence-corrected chi connectivity index (χ1v) is 6.52. The SMILES string of the molecule is CCN(CC)S(=O)(=O)N[C@@H]1CCNC1. The van der Waals surface area contributed by atoms with Gasteiger partial charge >= 0.3 is 0 Å². The van der Waals surface area contributed by atoms with Crippen LogP contribution in [0.4, 0.5) is 0 Å². The van der Waals surface area contributed by atoms with Gasteiger partial charge in [0.25, 0.3) is 10.2 Å². The van der Waals surface area contributed by atoms with Crippen LogP contribution in [0.5, 0.6) is 0 Å². The topological polar surface area (TPSA) is 61.4 Å². The molecule has 6 heteroatoms. The number of nitrogens with one attached hydrogen (secondary N) is 2. The Morgan fingerprint density at radius 1 is 1.43 bits per heavy atom. The molecule has 1 atom stereocenters. The Balaban J connectivity index is 2.55. The molecule has 5 nitrogen and oxygen atoms in total. The molecule has 1 fully saturated rings. The molecule has 1 heterocycles. The van der Waals surface area contributed by atoms with Gasteiger partial charge in [0.15, 0.2) is 0 Å². The zero-order valence-electron chi connectivity index (χ0n) is 8.78. The van der Waals surface area contributed by atoms with Crippen LogP contribution in [0.2, 0.25) is 0 Å². The van der Waals surface area contributed by atoms with Crippen LogP contribution < -0.4 is 10.0 Å². The van der Waals surface area contributed by atoms with Crippen LogP contribution in [0, 0.1) is 0 Å². The standard InChI is InChI=1S/C8H19N3O2S/c1-3-11(4-2)14(12,13)10-8-5-6-9-7-8/h8-10H,3-7H2,1-2H3/t8-/m1/s1. The second-order valence-electron chi connectivity index (χ2n) is 3.40. The molecule has 84 valence electrons. The van der Waals surface area contributed by atoms with E-state index in [1.807, 2.05) is 13.8 Å². The van der Waals surface area contributed by atoms with Crippen LogP contribution in [0.3, 0.4) is 0 Å². The third kappa shape index (κ3) is 2.91. The molecular formula is C8H19N3O2S. The van der Waals surface area contributed by atoms with E-state index in [1.165, 1.54) is 4.31 Å². The summed E-state index contributed by atoms with van der Waals surface area (Å²) in [5, 5.41) is 3.12. The van der Waals surface area contributed by atoms with E-state index in [1.54, 1.807) is 0 Å². The second kappa shape index (κ2) is 5.06. The van der Waals surface area contributed by atoms with Gasteiger partial charge in [0.2, 0.25) is 0 Å². The molecule has 0 aromatic heterocycles. The molecule has 14 heavy (non-hydrogen) atoms. The van der Waals surface area contributed by atoms with E-state index < -0.39 is 10.2 Å². The minimum absolute atomic E-state index is 0.0561. The molecule has 0 aromatic carbocycles. The van der Waals surface area contributed by atoms with Crippen LogP contribution >= 0.6 is 0 Å². The Labute approximate surface area is 86.0 Å². The number of rotatable bonds is 5. The first-order chi connectivity index (χ1) is 6.60. The highest BCUT2D eigenvalue weighted by Gasteiger charge is 2.24. The lowest BCUT2D eigenvalue weighted by atomic mass is 10.3. The van der Waals surface area contributed by atoms with Crippen molar-refractivity contribution >= 4 is 10.2 Å². The normalized spacial score (nSPS) is 23.2. The number of hydrogen-bond acceptors (Lipinski definition) is 3. The van der Waals surface area contributed by atoms with Crippen molar-refractivity contribution in [2.45, 2.75) is 26.3 Å². The largest absolute Gasteiger partial charge is 0.315 e. The van der Waals surface area contributed by atoms with E-state index in [2.05, 4.69) is 10.0 Å². The fraction of sp³-hybridized carbons (Fsp3) is 1.00. The molecule has 1 aliphatic rings. The molecule has 0 bridgehead atoms. The Bertz CT molecular complexity index is 256. The van der Waals surface area contributed by atoms with Crippen molar-refractivity contribution in [1.82, 2.24) is 14.3 Å². The molecule has 0 aromatic rings. The van der Waals surface area contributed by atoms with Gasteiger partial charge in [-0.15, -0.1) is 0 Å². The summed E-state index contributed by atoms with van der Waals surface area (Å²) >= 11 is 0. The van der Waals surface area contributed by atoms with Crippen molar-refractivity contribution in [3.63, 3.8) is 0 Å². The Hall–Kier alpha value is -0.170. The first kappa shape index (κ1) is 11.9. The summed E-state index contributed by atoms with van der Waals surface area (Å²) in [7, 11) is -3.26. The van der Waals surface area contributed by atoms with E-state index in [9.17, 15) is 8.42 Å². The van der Waals surface area contributed by atoms with Crippen LogP contribution in [-0.4, -0.2) is 44.9 Å². The zero-order valence-corrected chi connectivity index (χ0v) is 9.60. The van der Waals surface area contributed by atoms with Crippen LogP contribution in [0.15, 0.2) is 0 Å². The summed E-state index contributed by atoms with van der Waals surface area (Å²) < 4.78 is 27.6. The highest BCUT2D eigenvalue weighted by molar-refractivity contribution is 7.87. The number of hydrogen-bond donors (Lipinski definition) is 2. The summed E-state index contributed by atoms with van der Waals surface area (Å²) in [6, 6.07) is 0.0561. The average molecular weight is 221 g/mol. The molecule has 0 spiro atoms. The van der Waals surface area contributed by atoms with Gasteiger partial charge in [-0.3, -0.25) is 0 Å². The summed E-state index contributed by atoms with van der Waals surface area (Å²) in [5.74, 6) is 0. The molecule has 0 radical (unpaired) electrons. The summed E-state index contributed by atoms with van der Waals surface area (Å²) in [6.07, 6.45) is 0.875.